The molecule has 0 saturated carbocycles. The normalized spacial score (nSPS) is 12.7. The Kier molecular flexibility index (Phi) is 5.40. The molecule has 1 amide bonds. The van der Waals surface area contributed by atoms with Crippen molar-refractivity contribution < 1.29 is 22.7 Å². The quantitative estimate of drug-likeness (QED) is 0.910. The Morgan fingerprint density at radius 2 is 1.88 bits per heavy atom. The van der Waals surface area contributed by atoms with E-state index in [1.54, 1.807) is 30.3 Å². The zero-order valence-corrected chi connectivity index (χ0v) is 12.7. The maximum Gasteiger partial charge on any atom is 0.406 e. The van der Waals surface area contributed by atoms with Gasteiger partial charge in [-0.05, 0) is 17.7 Å². The summed E-state index contributed by atoms with van der Waals surface area (Å²) in [7, 11) is 1.32. The fraction of sp³-hybridized carbons (Fsp3) is 0.250. The fourth-order valence-corrected chi connectivity index (χ4v) is 2.17. The molecule has 0 fully saturated rings. The minimum Gasteiger partial charge on any atom is -0.367 e. The number of methoxy groups -OCH3 is 1. The van der Waals surface area contributed by atoms with E-state index >= 15 is 0 Å². The summed E-state index contributed by atoms with van der Waals surface area (Å²) >= 11 is 0. The minimum atomic E-state index is -4.54. The summed E-state index contributed by atoms with van der Waals surface area (Å²) in [5.41, 5.74) is -0.625. The van der Waals surface area contributed by atoms with Gasteiger partial charge in [0.25, 0.3) is 11.5 Å². The van der Waals surface area contributed by atoms with Gasteiger partial charge < -0.3 is 14.6 Å². The third-order valence-corrected chi connectivity index (χ3v) is 3.20. The van der Waals surface area contributed by atoms with Crippen molar-refractivity contribution in [2.45, 2.75) is 18.8 Å². The molecule has 0 aliphatic carbocycles. The number of amides is 1. The van der Waals surface area contributed by atoms with E-state index in [1.807, 2.05) is 0 Å². The molecule has 1 heterocycles. The van der Waals surface area contributed by atoms with E-state index in [0.29, 0.717) is 10.1 Å². The summed E-state index contributed by atoms with van der Waals surface area (Å²) in [6, 6.07) is 11.0. The maximum atomic E-state index is 12.5. The number of pyridine rings is 1. The van der Waals surface area contributed by atoms with Crippen LogP contribution in [0, 0.1) is 0 Å². The molecule has 0 aliphatic heterocycles. The molecular weight excluding hydrogens is 325 g/mol. The van der Waals surface area contributed by atoms with Crippen LogP contribution in [-0.2, 0) is 16.1 Å². The highest BCUT2D eigenvalue weighted by atomic mass is 19.4. The first-order chi connectivity index (χ1) is 11.3. The van der Waals surface area contributed by atoms with Gasteiger partial charge in [-0.15, -0.1) is 0 Å². The highest BCUT2D eigenvalue weighted by Crippen LogP contribution is 2.19. The van der Waals surface area contributed by atoms with E-state index in [2.05, 4.69) is 5.32 Å². The second-order valence-electron chi connectivity index (χ2n) is 4.99. The van der Waals surface area contributed by atoms with Gasteiger partial charge in [0.1, 0.15) is 12.2 Å². The third-order valence-electron chi connectivity index (χ3n) is 3.20. The van der Waals surface area contributed by atoms with E-state index in [9.17, 15) is 22.8 Å². The van der Waals surface area contributed by atoms with Gasteiger partial charge in [-0.25, -0.2) is 0 Å². The number of rotatable bonds is 5. The number of carbonyl (C=O) groups is 1. The second kappa shape index (κ2) is 7.31. The zero-order valence-electron chi connectivity index (χ0n) is 12.7. The predicted octanol–water partition coefficient (Wildman–Crippen LogP) is 2.74. The number of hydrogen-bond donors (Lipinski definition) is 1. The van der Waals surface area contributed by atoms with Crippen LogP contribution in [0.1, 0.15) is 11.7 Å². The van der Waals surface area contributed by atoms with Crippen molar-refractivity contribution in [2.75, 3.05) is 12.4 Å². The first kappa shape index (κ1) is 17.7. The van der Waals surface area contributed by atoms with E-state index < -0.39 is 30.3 Å². The Bertz CT molecular complexity index is 757. The molecule has 8 heteroatoms. The van der Waals surface area contributed by atoms with Crippen molar-refractivity contribution in [2.24, 2.45) is 0 Å². The summed E-state index contributed by atoms with van der Waals surface area (Å²) < 4.78 is 43.0. The van der Waals surface area contributed by atoms with Gasteiger partial charge in [0.05, 0.1) is 0 Å². The van der Waals surface area contributed by atoms with Gasteiger partial charge >= 0.3 is 6.18 Å². The van der Waals surface area contributed by atoms with Gasteiger partial charge in [-0.1, -0.05) is 30.3 Å². The fourth-order valence-electron chi connectivity index (χ4n) is 2.17. The zero-order chi connectivity index (χ0) is 17.7. The van der Waals surface area contributed by atoms with Crippen molar-refractivity contribution in [3.05, 3.63) is 64.6 Å². The Morgan fingerprint density at radius 1 is 1.21 bits per heavy atom. The van der Waals surface area contributed by atoms with Crippen LogP contribution in [0.3, 0.4) is 0 Å². The molecule has 0 spiro atoms. The van der Waals surface area contributed by atoms with Crippen LogP contribution < -0.4 is 10.9 Å². The van der Waals surface area contributed by atoms with Crippen LogP contribution in [0.5, 0.6) is 0 Å². The number of hydrogen-bond acceptors (Lipinski definition) is 3. The molecule has 1 atom stereocenters. The lowest BCUT2D eigenvalue weighted by Gasteiger charge is -2.16. The number of carbonyl (C=O) groups excluding carboxylic acids is 1. The predicted molar refractivity (Wildman–Crippen MR) is 81.6 cm³/mol. The van der Waals surface area contributed by atoms with Crippen molar-refractivity contribution in [1.82, 2.24) is 4.57 Å². The van der Waals surface area contributed by atoms with Crippen LogP contribution in [-0.4, -0.2) is 23.8 Å². The van der Waals surface area contributed by atoms with E-state index in [1.165, 1.54) is 19.2 Å². The Morgan fingerprint density at radius 3 is 2.46 bits per heavy atom. The molecule has 128 valence electrons. The summed E-state index contributed by atoms with van der Waals surface area (Å²) in [5, 5.41) is 2.32. The standard InChI is InChI=1S/C16H15F3N2O3/c1-24-13(11-6-3-2-4-7-11)14(22)20-12-8-5-9-21(15(12)23)10-16(17,18)19/h2-9,13H,10H2,1H3,(H,20,22). The lowest BCUT2D eigenvalue weighted by molar-refractivity contribution is -0.141. The maximum absolute atomic E-state index is 12.5. The molecule has 0 bridgehead atoms. The van der Waals surface area contributed by atoms with Crippen LogP contribution in [0.15, 0.2) is 53.5 Å². The van der Waals surface area contributed by atoms with E-state index in [-0.39, 0.29) is 5.69 Å². The minimum absolute atomic E-state index is 0.246. The lowest BCUT2D eigenvalue weighted by atomic mass is 10.1. The van der Waals surface area contributed by atoms with Crippen molar-refractivity contribution in [3.63, 3.8) is 0 Å². The molecule has 0 aliphatic rings. The van der Waals surface area contributed by atoms with Crippen molar-refractivity contribution in [3.8, 4) is 0 Å². The second-order valence-corrected chi connectivity index (χ2v) is 4.99. The molecule has 1 aromatic carbocycles. The topological polar surface area (TPSA) is 60.3 Å². The molecule has 2 aromatic rings. The molecular formula is C16H15F3N2O3. The molecule has 1 unspecified atom stereocenters. The molecule has 1 aromatic heterocycles. The highest BCUT2D eigenvalue weighted by Gasteiger charge is 2.29. The largest absolute Gasteiger partial charge is 0.406 e. The molecule has 1 N–H and O–H groups in total. The number of alkyl halides is 3. The summed E-state index contributed by atoms with van der Waals surface area (Å²) in [5.74, 6) is -0.648. The number of aromatic nitrogens is 1. The molecule has 5 nitrogen and oxygen atoms in total. The van der Waals surface area contributed by atoms with Gasteiger partial charge in [-0.3, -0.25) is 9.59 Å². The Balaban J connectivity index is 2.23. The first-order valence-electron chi connectivity index (χ1n) is 6.96. The molecule has 0 radical (unpaired) electrons. The first-order valence-corrected chi connectivity index (χ1v) is 6.96. The average Bonchev–Trinajstić information content (AvgIpc) is 2.52. The number of benzene rings is 1. The number of nitrogens with one attached hydrogen (secondary N) is 1. The van der Waals surface area contributed by atoms with Crippen LogP contribution >= 0.6 is 0 Å². The highest BCUT2D eigenvalue weighted by molar-refractivity contribution is 5.94. The molecule has 24 heavy (non-hydrogen) atoms. The lowest BCUT2D eigenvalue weighted by Crippen LogP contribution is -2.32. The SMILES string of the molecule is COC(C(=O)Nc1cccn(CC(F)(F)F)c1=O)c1ccccc1. The van der Waals surface area contributed by atoms with Gasteiger partial charge in [0, 0.05) is 13.3 Å². The number of nitrogens with zero attached hydrogens (tertiary/aromatic N) is 1. The Labute approximate surface area is 135 Å². The Hall–Kier alpha value is -2.61. The number of anilines is 1. The van der Waals surface area contributed by atoms with Gasteiger partial charge in [0.15, 0.2) is 6.10 Å². The summed E-state index contributed by atoms with van der Waals surface area (Å²) in [6.07, 6.45) is -4.51. The van der Waals surface area contributed by atoms with Crippen LogP contribution in [0.25, 0.3) is 0 Å². The van der Waals surface area contributed by atoms with Crippen molar-refractivity contribution in [1.29, 1.82) is 0 Å². The number of halogens is 3. The van der Waals surface area contributed by atoms with Crippen LogP contribution in [0.4, 0.5) is 18.9 Å². The molecule has 0 saturated heterocycles. The van der Waals surface area contributed by atoms with Gasteiger partial charge in [0.2, 0.25) is 0 Å². The van der Waals surface area contributed by atoms with Crippen molar-refractivity contribution >= 4 is 11.6 Å². The monoisotopic (exact) mass is 340 g/mol. The summed E-state index contributed by atoms with van der Waals surface area (Å²) in [6.45, 7) is -1.43. The van der Waals surface area contributed by atoms with Crippen LogP contribution in [0.2, 0.25) is 0 Å². The third kappa shape index (κ3) is 4.45. The summed E-state index contributed by atoms with van der Waals surface area (Å²) in [4.78, 5) is 24.3. The average molecular weight is 340 g/mol. The molecule has 2 rings (SSSR count). The smallest absolute Gasteiger partial charge is 0.367 e. The van der Waals surface area contributed by atoms with E-state index in [0.717, 1.165) is 6.20 Å². The van der Waals surface area contributed by atoms with E-state index in [4.69, 9.17) is 4.74 Å². The van der Waals surface area contributed by atoms with Gasteiger partial charge in [-0.2, -0.15) is 13.2 Å². The number of ether oxygens (including phenoxy) is 1.